The molecule has 1 atom stereocenters. The molecule has 2 saturated heterocycles. The summed E-state index contributed by atoms with van der Waals surface area (Å²) in [6.45, 7) is 3.51. The summed E-state index contributed by atoms with van der Waals surface area (Å²) >= 11 is 0. The Balaban J connectivity index is 1.39. The maximum absolute atomic E-state index is 13.1. The van der Waals surface area contributed by atoms with Crippen LogP contribution in [0.25, 0.3) is 0 Å². The van der Waals surface area contributed by atoms with Crippen LogP contribution in [-0.4, -0.2) is 70.2 Å². The molecule has 0 unspecified atom stereocenters. The minimum Gasteiger partial charge on any atom is -0.336 e. The predicted octanol–water partition coefficient (Wildman–Crippen LogP) is 1.37. The van der Waals surface area contributed by atoms with Gasteiger partial charge in [0.05, 0.1) is 17.8 Å². The number of piperazine rings is 1. The summed E-state index contributed by atoms with van der Waals surface area (Å²) in [6.07, 6.45) is 5.24. The SMILES string of the molecule is Cn1cc(C(=O)N2CCN([C@H]3CCCN(c4ccccc4)C3=O)CC2)cn1. The van der Waals surface area contributed by atoms with Crippen LogP contribution in [0.15, 0.2) is 42.7 Å². The highest BCUT2D eigenvalue weighted by atomic mass is 16.2. The molecule has 0 aliphatic carbocycles. The van der Waals surface area contributed by atoms with Crippen molar-refractivity contribution in [3.8, 4) is 0 Å². The Morgan fingerprint density at radius 1 is 1.07 bits per heavy atom. The first kappa shape index (κ1) is 17.7. The monoisotopic (exact) mass is 367 g/mol. The van der Waals surface area contributed by atoms with Crippen LogP contribution in [0.2, 0.25) is 0 Å². The first-order chi connectivity index (χ1) is 13.1. The minimum absolute atomic E-state index is 0.0173. The molecule has 2 fully saturated rings. The van der Waals surface area contributed by atoms with Crippen molar-refractivity contribution in [1.82, 2.24) is 19.6 Å². The lowest BCUT2D eigenvalue weighted by Crippen LogP contribution is -2.58. The molecule has 0 N–H and O–H groups in total. The summed E-state index contributed by atoms with van der Waals surface area (Å²) in [7, 11) is 1.81. The second-order valence-corrected chi connectivity index (χ2v) is 7.21. The first-order valence-electron chi connectivity index (χ1n) is 9.52. The van der Waals surface area contributed by atoms with Gasteiger partial charge in [0.1, 0.15) is 0 Å². The van der Waals surface area contributed by atoms with E-state index < -0.39 is 0 Å². The number of carbonyl (C=O) groups excluding carboxylic acids is 2. The number of para-hydroxylation sites is 1. The van der Waals surface area contributed by atoms with E-state index in [1.165, 1.54) is 0 Å². The van der Waals surface area contributed by atoms with Crippen LogP contribution in [0, 0.1) is 0 Å². The molecule has 1 aromatic heterocycles. The van der Waals surface area contributed by atoms with E-state index in [4.69, 9.17) is 0 Å². The second kappa shape index (κ2) is 7.52. The second-order valence-electron chi connectivity index (χ2n) is 7.21. The summed E-state index contributed by atoms with van der Waals surface area (Å²) in [6, 6.07) is 9.79. The van der Waals surface area contributed by atoms with Gasteiger partial charge in [-0.05, 0) is 25.0 Å². The number of anilines is 1. The number of amides is 2. The van der Waals surface area contributed by atoms with E-state index in [2.05, 4.69) is 10.00 Å². The van der Waals surface area contributed by atoms with E-state index in [0.717, 1.165) is 38.2 Å². The minimum atomic E-state index is -0.0883. The molecule has 2 aliphatic rings. The van der Waals surface area contributed by atoms with E-state index >= 15 is 0 Å². The van der Waals surface area contributed by atoms with Gasteiger partial charge < -0.3 is 9.80 Å². The van der Waals surface area contributed by atoms with Gasteiger partial charge in [-0.3, -0.25) is 19.2 Å². The van der Waals surface area contributed by atoms with Gasteiger partial charge in [0.15, 0.2) is 0 Å². The maximum atomic E-state index is 13.1. The summed E-state index contributed by atoms with van der Waals surface area (Å²) < 4.78 is 1.64. The van der Waals surface area contributed by atoms with E-state index in [1.807, 2.05) is 47.2 Å². The molecule has 2 aromatic rings. The zero-order chi connectivity index (χ0) is 18.8. The van der Waals surface area contributed by atoms with Crippen molar-refractivity contribution in [1.29, 1.82) is 0 Å². The molecule has 3 heterocycles. The summed E-state index contributed by atoms with van der Waals surface area (Å²) in [5.74, 6) is 0.197. The predicted molar refractivity (Wildman–Crippen MR) is 103 cm³/mol. The zero-order valence-corrected chi connectivity index (χ0v) is 15.6. The van der Waals surface area contributed by atoms with Crippen LogP contribution in [0.3, 0.4) is 0 Å². The molecule has 0 radical (unpaired) electrons. The number of aromatic nitrogens is 2. The Labute approximate surface area is 159 Å². The lowest BCUT2D eigenvalue weighted by atomic mass is 10.0. The molecule has 2 amide bonds. The molecule has 7 nitrogen and oxygen atoms in total. The van der Waals surface area contributed by atoms with Crippen LogP contribution in [0.1, 0.15) is 23.2 Å². The third kappa shape index (κ3) is 3.60. The Morgan fingerprint density at radius 3 is 2.48 bits per heavy atom. The third-order valence-electron chi connectivity index (χ3n) is 5.47. The van der Waals surface area contributed by atoms with Crippen LogP contribution < -0.4 is 4.90 Å². The lowest BCUT2D eigenvalue weighted by molar-refractivity contribution is -0.126. The number of rotatable bonds is 3. The van der Waals surface area contributed by atoms with Gasteiger partial charge in [0, 0.05) is 51.7 Å². The molecule has 7 heteroatoms. The Morgan fingerprint density at radius 2 is 1.81 bits per heavy atom. The highest BCUT2D eigenvalue weighted by Gasteiger charge is 2.36. The number of hydrogen-bond donors (Lipinski definition) is 0. The Hall–Kier alpha value is -2.67. The fraction of sp³-hybridized carbons (Fsp3) is 0.450. The van der Waals surface area contributed by atoms with Gasteiger partial charge in [0.2, 0.25) is 5.91 Å². The highest BCUT2D eigenvalue weighted by molar-refractivity contribution is 5.98. The number of aryl methyl sites for hydroxylation is 1. The number of piperidine rings is 1. The largest absolute Gasteiger partial charge is 0.336 e. The van der Waals surface area contributed by atoms with Crippen molar-refractivity contribution < 1.29 is 9.59 Å². The van der Waals surface area contributed by atoms with Gasteiger partial charge in [0.25, 0.3) is 5.91 Å². The van der Waals surface area contributed by atoms with Gasteiger partial charge >= 0.3 is 0 Å². The molecule has 1 aromatic carbocycles. The molecule has 2 aliphatic heterocycles. The van der Waals surface area contributed by atoms with Crippen LogP contribution in [0.4, 0.5) is 5.69 Å². The quantitative estimate of drug-likeness (QED) is 0.822. The molecule has 4 rings (SSSR count). The van der Waals surface area contributed by atoms with Crippen molar-refractivity contribution in [3.05, 3.63) is 48.3 Å². The average molecular weight is 367 g/mol. The molecular weight excluding hydrogens is 342 g/mol. The number of nitrogens with zero attached hydrogens (tertiary/aromatic N) is 5. The first-order valence-corrected chi connectivity index (χ1v) is 9.52. The fourth-order valence-corrected chi connectivity index (χ4v) is 4.01. The van der Waals surface area contributed by atoms with E-state index in [9.17, 15) is 9.59 Å². The standard InChI is InChI=1S/C20H25N5O2/c1-22-15-16(14-21-22)19(26)24-12-10-23(11-13-24)18-8-5-9-25(20(18)27)17-6-3-2-4-7-17/h2-4,6-7,14-15,18H,5,8-13H2,1H3/t18-/m0/s1. The van der Waals surface area contributed by atoms with E-state index in [0.29, 0.717) is 18.7 Å². The molecule has 27 heavy (non-hydrogen) atoms. The third-order valence-corrected chi connectivity index (χ3v) is 5.47. The normalized spacial score (nSPS) is 21.5. The zero-order valence-electron chi connectivity index (χ0n) is 15.6. The molecule has 142 valence electrons. The van der Waals surface area contributed by atoms with Gasteiger partial charge in [-0.2, -0.15) is 5.10 Å². The maximum Gasteiger partial charge on any atom is 0.257 e. The average Bonchev–Trinajstić information content (AvgIpc) is 3.15. The van der Waals surface area contributed by atoms with Crippen LogP contribution in [-0.2, 0) is 11.8 Å². The molecule has 0 bridgehead atoms. The van der Waals surface area contributed by atoms with Crippen molar-refractivity contribution in [3.63, 3.8) is 0 Å². The van der Waals surface area contributed by atoms with Crippen molar-refractivity contribution >= 4 is 17.5 Å². The fourth-order valence-electron chi connectivity index (χ4n) is 4.01. The van der Waals surface area contributed by atoms with E-state index in [-0.39, 0.29) is 17.9 Å². The van der Waals surface area contributed by atoms with Gasteiger partial charge in [-0.15, -0.1) is 0 Å². The highest BCUT2D eigenvalue weighted by Crippen LogP contribution is 2.24. The van der Waals surface area contributed by atoms with Crippen molar-refractivity contribution in [2.24, 2.45) is 7.05 Å². The number of carbonyl (C=O) groups is 2. The van der Waals surface area contributed by atoms with Gasteiger partial charge in [-0.25, -0.2) is 0 Å². The molecule has 0 spiro atoms. The van der Waals surface area contributed by atoms with Gasteiger partial charge in [-0.1, -0.05) is 18.2 Å². The Bertz CT molecular complexity index is 811. The summed E-state index contributed by atoms with van der Waals surface area (Å²) in [5.41, 5.74) is 1.59. The number of hydrogen-bond acceptors (Lipinski definition) is 4. The van der Waals surface area contributed by atoms with Crippen molar-refractivity contribution in [2.45, 2.75) is 18.9 Å². The number of benzene rings is 1. The Kier molecular flexibility index (Phi) is 4.94. The van der Waals surface area contributed by atoms with Crippen LogP contribution in [0.5, 0.6) is 0 Å². The molecule has 0 saturated carbocycles. The summed E-state index contributed by atoms with van der Waals surface area (Å²) in [5, 5.41) is 4.08. The summed E-state index contributed by atoms with van der Waals surface area (Å²) in [4.78, 5) is 31.6. The molecular formula is C20H25N5O2. The van der Waals surface area contributed by atoms with Crippen LogP contribution >= 0.6 is 0 Å². The smallest absolute Gasteiger partial charge is 0.257 e. The lowest BCUT2D eigenvalue weighted by Gasteiger charge is -2.42. The topological polar surface area (TPSA) is 61.7 Å². The van der Waals surface area contributed by atoms with Crippen molar-refractivity contribution in [2.75, 3.05) is 37.6 Å². The van der Waals surface area contributed by atoms with E-state index in [1.54, 1.807) is 17.1 Å².